The maximum absolute atomic E-state index is 12.2. The predicted octanol–water partition coefficient (Wildman–Crippen LogP) is 3.34. The zero-order chi connectivity index (χ0) is 17.3. The fraction of sp³-hybridized carbons (Fsp3) is 0.294. The highest BCUT2D eigenvalue weighted by Gasteiger charge is 2.34. The summed E-state index contributed by atoms with van der Waals surface area (Å²) in [5, 5.41) is 1.91. The van der Waals surface area contributed by atoms with Crippen molar-refractivity contribution in [1.82, 2.24) is 5.06 Å². The van der Waals surface area contributed by atoms with Gasteiger partial charge in [-0.2, -0.15) is 17.8 Å². The first-order valence-corrected chi connectivity index (χ1v) is 9.31. The molecule has 0 aliphatic carbocycles. The number of benzene rings is 2. The molecule has 0 atom stereocenters. The zero-order valence-electron chi connectivity index (χ0n) is 13.4. The lowest BCUT2D eigenvalue weighted by atomic mass is 10.2. The number of aryl methyl sites for hydroxylation is 2. The molecule has 0 amide bonds. The van der Waals surface area contributed by atoms with Gasteiger partial charge in [0.15, 0.2) is 0 Å². The van der Waals surface area contributed by atoms with Gasteiger partial charge in [-0.25, -0.2) is 0 Å². The van der Waals surface area contributed by atoms with Gasteiger partial charge in [0.05, 0.1) is 23.0 Å². The second-order valence-corrected chi connectivity index (χ2v) is 7.80. The lowest BCUT2D eigenvalue weighted by Gasteiger charge is -2.36. The second kappa shape index (κ2) is 6.72. The molecule has 5 nitrogen and oxygen atoms in total. The summed E-state index contributed by atoms with van der Waals surface area (Å²) in [6, 6.07) is 12.1. The smallest absolute Gasteiger partial charge is 0.313 e. The van der Waals surface area contributed by atoms with Crippen LogP contribution in [0.3, 0.4) is 0 Å². The van der Waals surface area contributed by atoms with Gasteiger partial charge in [0.1, 0.15) is 11.9 Å². The van der Waals surface area contributed by atoms with Crippen molar-refractivity contribution in [3.8, 4) is 5.75 Å². The first kappa shape index (κ1) is 17.2. The number of hydrogen-bond acceptors (Lipinski definition) is 5. The van der Waals surface area contributed by atoms with E-state index in [-0.39, 0.29) is 11.0 Å². The minimum absolute atomic E-state index is 0.138. The van der Waals surface area contributed by atoms with Crippen molar-refractivity contribution in [2.75, 3.05) is 13.1 Å². The van der Waals surface area contributed by atoms with Gasteiger partial charge in [0, 0.05) is 0 Å². The molecule has 24 heavy (non-hydrogen) atoms. The molecule has 0 unspecified atom stereocenters. The number of nitrogens with zero attached hydrogens (tertiary/aromatic N) is 1. The average Bonchev–Trinajstić information content (AvgIpc) is 2.47. The molecule has 0 saturated carbocycles. The third kappa shape index (κ3) is 3.89. The van der Waals surface area contributed by atoms with Crippen LogP contribution in [0, 0.1) is 13.8 Å². The monoisotopic (exact) mass is 367 g/mol. The van der Waals surface area contributed by atoms with Gasteiger partial charge in [-0.15, -0.1) is 0 Å². The molecular formula is C17H18ClNO4S. The highest BCUT2D eigenvalue weighted by Crippen LogP contribution is 2.28. The Kier molecular flexibility index (Phi) is 4.83. The van der Waals surface area contributed by atoms with Crippen molar-refractivity contribution in [2.45, 2.75) is 24.8 Å². The van der Waals surface area contributed by atoms with Crippen molar-refractivity contribution in [1.29, 1.82) is 0 Å². The summed E-state index contributed by atoms with van der Waals surface area (Å²) < 4.78 is 35.2. The van der Waals surface area contributed by atoms with Gasteiger partial charge in [0.25, 0.3) is 0 Å². The lowest BCUT2D eigenvalue weighted by Crippen LogP contribution is -2.54. The third-order valence-corrected chi connectivity index (χ3v) is 5.26. The molecule has 3 rings (SSSR count). The summed E-state index contributed by atoms with van der Waals surface area (Å²) >= 11 is 6.12. The normalized spacial score (nSPS) is 16.0. The highest BCUT2D eigenvalue weighted by atomic mass is 35.5. The van der Waals surface area contributed by atoms with Crippen molar-refractivity contribution in [3.63, 3.8) is 0 Å². The van der Waals surface area contributed by atoms with Crippen LogP contribution in [0.15, 0.2) is 47.4 Å². The largest absolute Gasteiger partial charge is 0.486 e. The Balaban J connectivity index is 1.56. The standard InChI is InChI=1S/C17H18ClNO4S/c1-12-3-6-15(7-4-12)24(20,21)23-19-10-14(11-19)22-17-8-5-13(2)9-16(17)18/h3-9,14H,10-11H2,1-2H3. The maximum Gasteiger partial charge on any atom is 0.313 e. The molecule has 0 radical (unpaired) electrons. The Morgan fingerprint density at radius 2 is 1.67 bits per heavy atom. The molecule has 0 spiro atoms. The Bertz CT molecular complexity index is 830. The van der Waals surface area contributed by atoms with Gasteiger partial charge in [-0.1, -0.05) is 35.4 Å². The van der Waals surface area contributed by atoms with Gasteiger partial charge >= 0.3 is 10.1 Å². The molecule has 7 heteroatoms. The Morgan fingerprint density at radius 1 is 1.04 bits per heavy atom. The summed E-state index contributed by atoms with van der Waals surface area (Å²) in [5.41, 5.74) is 2.04. The van der Waals surface area contributed by atoms with E-state index in [1.54, 1.807) is 12.1 Å². The van der Waals surface area contributed by atoms with Crippen LogP contribution in [0.1, 0.15) is 11.1 Å². The number of ether oxygens (including phenoxy) is 1. The molecule has 0 N–H and O–H groups in total. The summed E-state index contributed by atoms with van der Waals surface area (Å²) in [7, 11) is -3.80. The van der Waals surface area contributed by atoms with Crippen LogP contribution in [0.2, 0.25) is 5.02 Å². The van der Waals surface area contributed by atoms with Crippen LogP contribution >= 0.6 is 11.6 Å². The number of hydrogen-bond donors (Lipinski definition) is 0. The number of hydroxylamine groups is 2. The molecule has 1 aliphatic rings. The number of rotatable bonds is 5. The Labute approximate surface area is 146 Å². The Hall–Kier alpha value is -1.60. The minimum atomic E-state index is -3.80. The van der Waals surface area contributed by atoms with E-state index in [1.807, 2.05) is 32.0 Å². The van der Waals surface area contributed by atoms with Crippen LogP contribution < -0.4 is 4.74 Å². The fourth-order valence-electron chi connectivity index (χ4n) is 2.30. The molecule has 1 heterocycles. The predicted molar refractivity (Wildman–Crippen MR) is 91.6 cm³/mol. The maximum atomic E-state index is 12.2. The van der Waals surface area contributed by atoms with E-state index in [0.29, 0.717) is 23.9 Å². The summed E-state index contributed by atoms with van der Waals surface area (Å²) in [5.74, 6) is 0.591. The van der Waals surface area contributed by atoms with E-state index in [0.717, 1.165) is 11.1 Å². The van der Waals surface area contributed by atoms with Crippen LogP contribution in [-0.2, 0) is 14.4 Å². The summed E-state index contributed by atoms with van der Waals surface area (Å²) in [6.07, 6.45) is -0.154. The molecule has 0 bridgehead atoms. The van der Waals surface area contributed by atoms with Crippen LogP contribution in [0.5, 0.6) is 5.75 Å². The van der Waals surface area contributed by atoms with E-state index >= 15 is 0 Å². The van der Waals surface area contributed by atoms with Crippen molar-refractivity contribution >= 4 is 21.7 Å². The van der Waals surface area contributed by atoms with E-state index in [4.69, 9.17) is 20.6 Å². The van der Waals surface area contributed by atoms with Gasteiger partial charge in [-0.05, 0) is 43.7 Å². The van der Waals surface area contributed by atoms with Crippen LogP contribution in [0.4, 0.5) is 0 Å². The zero-order valence-corrected chi connectivity index (χ0v) is 15.0. The quantitative estimate of drug-likeness (QED) is 0.811. The van der Waals surface area contributed by atoms with E-state index < -0.39 is 10.1 Å². The molecule has 2 aromatic carbocycles. The van der Waals surface area contributed by atoms with E-state index in [1.165, 1.54) is 17.2 Å². The molecule has 1 aliphatic heterocycles. The molecule has 128 valence electrons. The van der Waals surface area contributed by atoms with Crippen LogP contribution in [0.25, 0.3) is 0 Å². The average molecular weight is 368 g/mol. The third-order valence-electron chi connectivity index (χ3n) is 3.71. The summed E-state index contributed by atoms with van der Waals surface area (Å²) in [4.78, 5) is 0.138. The highest BCUT2D eigenvalue weighted by molar-refractivity contribution is 7.86. The molecule has 1 fully saturated rings. The molecule has 2 aromatic rings. The van der Waals surface area contributed by atoms with Crippen molar-refractivity contribution in [3.05, 3.63) is 58.6 Å². The minimum Gasteiger partial charge on any atom is -0.486 e. The van der Waals surface area contributed by atoms with Crippen molar-refractivity contribution in [2.24, 2.45) is 0 Å². The van der Waals surface area contributed by atoms with Crippen LogP contribution in [-0.4, -0.2) is 32.7 Å². The first-order valence-electron chi connectivity index (χ1n) is 7.52. The van der Waals surface area contributed by atoms with Gasteiger partial charge < -0.3 is 4.74 Å². The number of halogens is 1. The topological polar surface area (TPSA) is 55.8 Å². The SMILES string of the molecule is Cc1ccc(S(=O)(=O)ON2CC(Oc3ccc(C)cc3Cl)C2)cc1. The van der Waals surface area contributed by atoms with Crippen molar-refractivity contribution < 1.29 is 17.4 Å². The van der Waals surface area contributed by atoms with Gasteiger partial charge in [0.2, 0.25) is 0 Å². The van der Waals surface area contributed by atoms with Gasteiger partial charge in [-0.3, -0.25) is 0 Å². The first-order chi connectivity index (χ1) is 11.3. The fourth-order valence-corrected chi connectivity index (χ4v) is 3.54. The van der Waals surface area contributed by atoms with E-state index in [9.17, 15) is 8.42 Å². The Morgan fingerprint density at radius 3 is 2.29 bits per heavy atom. The lowest BCUT2D eigenvalue weighted by molar-refractivity contribution is -0.154. The van der Waals surface area contributed by atoms with E-state index in [2.05, 4.69) is 0 Å². The molecule has 1 saturated heterocycles. The summed E-state index contributed by atoms with van der Waals surface area (Å²) in [6.45, 7) is 4.56. The molecular weight excluding hydrogens is 350 g/mol. The molecule has 0 aromatic heterocycles. The second-order valence-electron chi connectivity index (χ2n) is 5.86.